The topological polar surface area (TPSA) is 35.6 Å². The fourth-order valence-corrected chi connectivity index (χ4v) is 9.16. The Morgan fingerprint density at radius 2 is 0.877 bits per heavy atom. The molecule has 0 N–H and O–H groups in total. The zero-order valence-corrected chi connectivity index (χ0v) is 31.0. The van der Waals surface area contributed by atoms with Gasteiger partial charge in [0, 0.05) is 61.6 Å². The number of rotatable bonds is 5. The highest BCUT2D eigenvalue weighted by Crippen LogP contribution is 2.42. The maximum absolute atomic E-state index is 5.30. The Morgan fingerprint density at radius 1 is 0.351 bits per heavy atom. The van der Waals surface area contributed by atoms with Crippen molar-refractivity contribution in [1.82, 2.24) is 19.1 Å². The minimum atomic E-state index is 0.749. The number of fused-ring (bicyclic) bond motifs is 9. The van der Waals surface area contributed by atoms with Gasteiger partial charge in [-0.05, 0) is 77.4 Å². The van der Waals surface area contributed by atoms with E-state index >= 15 is 0 Å². The fourth-order valence-electron chi connectivity index (χ4n) is 9.16. The highest BCUT2D eigenvalue weighted by atomic mass is 15.0. The first kappa shape index (κ1) is 31.8. The lowest BCUT2D eigenvalue weighted by Gasteiger charge is -2.14. The van der Waals surface area contributed by atoms with Gasteiger partial charge in [0.2, 0.25) is 0 Å². The first-order valence-corrected chi connectivity index (χ1v) is 19.5. The molecule has 0 aliphatic heterocycles. The predicted octanol–water partition coefficient (Wildman–Crippen LogP) is 13.2. The molecule has 0 bridgehead atoms. The standard InChI is InChI=1S/C53H34N4/c1-3-14-34(15-4-1)53-54-51(46-33-37-16-7-8-21-41(37)52(46)55-53)38-17-13-20-40(30-38)57-48-25-12-10-23-43(48)45-32-36(27-29-50(45)57)35-26-28-49-44(31-35)42-22-9-11-24-47(42)56(49)39-18-5-2-6-19-39/h1-32H,33H2. The molecular formula is C53H34N4. The molecule has 8 aromatic carbocycles. The molecule has 0 fully saturated rings. The normalized spacial score (nSPS) is 12.1. The molecule has 12 rings (SSSR count). The van der Waals surface area contributed by atoms with Crippen LogP contribution in [0.25, 0.3) is 100 Å². The summed E-state index contributed by atoms with van der Waals surface area (Å²) in [6.07, 6.45) is 0.816. The number of aromatic nitrogens is 4. The van der Waals surface area contributed by atoms with Gasteiger partial charge in [-0.15, -0.1) is 0 Å². The molecule has 4 nitrogen and oxygen atoms in total. The molecule has 4 heteroatoms. The first-order valence-electron chi connectivity index (χ1n) is 19.5. The summed E-state index contributed by atoms with van der Waals surface area (Å²) < 4.78 is 4.78. The fraction of sp³-hybridized carbons (Fsp3) is 0.0189. The monoisotopic (exact) mass is 726 g/mol. The van der Waals surface area contributed by atoms with Gasteiger partial charge in [0.15, 0.2) is 5.82 Å². The Hall–Kier alpha value is -7.56. The Morgan fingerprint density at radius 3 is 1.58 bits per heavy atom. The molecule has 11 aromatic rings. The lowest BCUT2D eigenvalue weighted by atomic mass is 10.0. The summed E-state index contributed by atoms with van der Waals surface area (Å²) in [6.45, 7) is 0. The highest BCUT2D eigenvalue weighted by Gasteiger charge is 2.26. The summed E-state index contributed by atoms with van der Waals surface area (Å²) in [7, 11) is 0. The van der Waals surface area contributed by atoms with Crippen LogP contribution in [0, 0.1) is 0 Å². The van der Waals surface area contributed by atoms with Crippen LogP contribution in [0.3, 0.4) is 0 Å². The average Bonchev–Trinajstić information content (AvgIpc) is 3.94. The Kier molecular flexibility index (Phi) is 6.96. The molecule has 0 saturated carbocycles. The minimum Gasteiger partial charge on any atom is -0.309 e. The van der Waals surface area contributed by atoms with Gasteiger partial charge in [-0.2, -0.15) is 0 Å². The van der Waals surface area contributed by atoms with Gasteiger partial charge in [0.1, 0.15) is 0 Å². The second kappa shape index (κ2) is 12.5. The third-order valence-electron chi connectivity index (χ3n) is 11.7. The number of hydrogen-bond donors (Lipinski definition) is 0. The van der Waals surface area contributed by atoms with E-state index in [-0.39, 0.29) is 0 Å². The molecule has 3 heterocycles. The van der Waals surface area contributed by atoms with Crippen molar-refractivity contribution in [2.45, 2.75) is 6.42 Å². The van der Waals surface area contributed by atoms with E-state index in [9.17, 15) is 0 Å². The van der Waals surface area contributed by atoms with E-state index in [1.54, 1.807) is 0 Å². The Balaban J connectivity index is 1.01. The largest absolute Gasteiger partial charge is 0.309 e. The summed E-state index contributed by atoms with van der Waals surface area (Å²) in [4.78, 5) is 10.5. The van der Waals surface area contributed by atoms with Gasteiger partial charge >= 0.3 is 0 Å². The van der Waals surface area contributed by atoms with Crippen LogP contribution in [0.2, 0.25) is 0 Å². The third kappa shape index (κ3) is 4.94. The number of para-hydroxylation sites is 3. The summed E-state index contributed by atoms with van der Waals surface area (Å²) in [5.74, 6) is 0.749. The van der Waals surface area contributed by atoms with E-state index in [1.165, 1.54) is 77.1 Å². The van der Waals surface area contributed by atoms with Gasteiger partial charge in [0.25, 0.3) is 0 Å². The minimum absolute atomic E-state index is 0.749. The summed E-state index contributed by atoms with van der Waals surface area (Å²) in [5, 5.41) is 4.96. The van der Waals surface area contributed by atoms with E-state index < -0.39 is 0 Å². The van der Waals surface area contributed by atoms with Crippen molar-refractivity contribution in [2.75, 3.05) is 0 Å². The van der Waals surface area contributed by atoms with Crippen LogP contribution in [0.15, 0.2) is 194 Å². The number of benzene rings is 8. The summed E-state index contributed by atoms with van der Waals surface area (Å²) in [5.41, 5.74) is 17.2. The number of nitrogens with zero attached hydrogens (tertiary/aromatic N) is 4. The van der Waals surface area contributed by atoms with Gasteiger partial charge in [-0.25, -0.2) is 9.97 Å². The van der Waals surface area contributed by atoms with Gasteiger partial charge in [0.05, 0.1) is 33.5 Å². The van der Waals surface area contributed by atoms with Crippen molar-refractivity contribution in [3.05, 3.63) is 205 Å². The molecule has 0 atom stereocenters. The summed E-state index contributed by atoms with van der Waals surface area (Å²) >= 11 is 0. The second-order valence-corrected chi connectivity index (χ2v) is 15.0. The molecule has 3 aromatic heterocycles. The molecular weight excluding hydrogens is 693 g/mol. The molecule has 0 amide bonds. The van der Waals surface area contributed by atoms with Crippen molar-refractivity contribution < 1.29 is 0 Å². The smallest absolute Gasteiger partial charge is 0.160 e. The average molecular weight is 727 g/mol. The van der Waals surface area contributed by atoms with E-state index in [0.717, 1.165) is 40.4 Å². The van der Waals surface area contributed by atoms with E-state index in [4.69, 9.17) is 9.97 Å². The van der Waals surface area contributed by atoms with Crippen molar-refractivity contribution in [1.29, 1.82) is 0 Å². The lowest BCUT2D eigenvalue weighted by molar-refractivity contribution is 1.13. The number of hydrogen-bond acceptors (Lipinski definition) is 2. The van der Waals surface area contributed by atoms with Crippen molar-refractivity contribution in [2.24, 2.45) is 0 Å². The molecule has 0 spiro atoms. The van der Waals surface area contributed by atoms with Crippen molar-refractivity contribution >= 4 is 43.6 Å². The van der Waals surface area contributed by atoms with Crippen molar-refractivity contribution in [3.63, 3.8) is 0 Å². The van der Waals surface area contributed by atoms with Crippen LogP contribution in [0.4, 0.5) is 0 Å². The van der Waals surface area contributed by atoms with Gasteiger partial charge in [-0.3, -0.25) is 0 Å². The third-order valence-corrected chi connectivity index (χ3v) is 11.7. The molecule has 1 aliphatic carbocycles. The van der Waals surface area contributed by atoms with Crippen LogP contribution in [-0.4, -0.2) is 19.1 Å². The van der Waals surface area contributed by atoms with Crippen molar-refractivity contribution in [3.8, 4) is 56.4 Å². The lowest BCUT2D eigenvalue weighted by Crippen LogP contribution is -2.00. The Bertz CT molecular complexity index is 3370. The summed E-state index contributed by atoms with van der Waals surface area (Å²) in [6, 6.07) is 69.8. The van der Waals surface area contributed by atoms with Crippen LogP contribution in [0.1, 0.15) is 11.1 Å². The van der Waals surface area contributed by atoms with E-state index in [1.807, 2.05) is 6.07 Å². The molecule has 0 radical (unpaired) electrons. The van der Waals surface area contributed by atoms with Crippen LogP contribution in [-0.2, 0) is 6.42 Å². The molecule has 1 aliphatic rings. The van der Waals surface area contributed by atoms with E-state index in [2.05, 4.69) is 197 Å². The second-order valence-electron chi connectivity index (χ2n) is 15.0. The van der Waals surface area contributed by atoms with Crippen LogP contribution < -0.4 is 0 Å². The predicted molar refractivity (Wildman–Crippen MR) is 235 cm³/mol. The molecule has 0 unspecified atom stereocenters. The maximum Gasteiger partial charge on any atom is 0.160 e. The highest BCUT2D eigenvalue weighted by molar-refractivity contribution is 6.12. The zero-order chi connectivity index (χ0) is 37.5. The van der Waals surface area contributed by atoms with Gasteiger partial charge < -0.3 is 9.13 Å². The molecule has 57 heavy (non-hydrogen) atoms. The SMILES string of the molecule is c1ccc(-c2nc(-c3cccc(-n4c5ccccc5c5cc(-c6ccc7c(c6)c6ccccc6n7-c6ccccc6)ccc54)c3)c3c(n2)-c2ccccc2C3)cc1. The van der Waals surface area contributed by atoms with Gasteiger partial charge in [-0.1, -0.05) is 133 Å². The van der Waals surface area contributed by atoms with Crippen LogP contribution >= 0.6 is 0 Å². The zero-order valence-electron chi connectivity index (χ0n) is 31.0. The maximum atomic E-state index is 5.30. The molecule has 266 valence electrons. The quantitative estimate of drug-likeness (QED) is 0.177. The van der Waals surface area contributed by atoms with E-state index in [0.29, 0.717) is 0 Å². The Labute approximate surface area is 329 Å². The first-order chi connectivity index (χ1) is 28.3. The van der Waals surface area contributed by atoms with Crippen LogP contribution in [0.5, 0.6) is 0 Å². The molecule has 0 saturated heterocycles.